The molecule has 0 radical (unpaired) electrons. The van der Waals surface area contributed by atoms with Crippen LogP contribution in [0.4, 0.5) is 13.2 Å². The molecule has 1 saturated carbocycles. The van der Waals surface area contributed by atoms with Crippen LogP contribution in [0.2, 0.25) is 0 Å². The molecule has 0 aromatic rings. The summed E-state index contributed by atoms with van der Waals surface area (Å²) in [7, 11) is 0. The third-order valence-corrected chi connectivity index (χ3v) is 4.82. The number of carboxylic acid groups (broad SMARTS) is 1. The molecule has 2 rings (SSSR count). The van der Waals surface area contributed by atoms with E-state index in [9.17, 15) is 22.8 Å². The van der Waals surface area contributed by atoms with Crippen molar-refractivity contribution in [3.63, 3.8) is 0 Å². The van der Waals surface area contributed by atoms with Gasteiger partial charge in [0.1, 0.15) is 12.6 Å². The van der Waals surface area contributed by atoms with E-state index in [0.717, 1.165) is 12.8 Å². The van der Waals surface area contributed by atoms with Gasteiger partial charge < -0.3 is 14.7 Å². The Morgan fingerprint density at radius 2 is 2.00 bits per heavy atom. The van der Waals surface area contributed by atoms with Gasteiger partial charge in [0.25, 0.3) is 0 Å². The normalized spacial score (nSPS) is 26.1. The Morgan fingerprint density at radius 3 is 2.52 bits per heavy atom. The molecule has 1 N–H and O–H groups in total. The highest BCUT2D eigenvalue weighted by atomic mass is 32.2. The molecule has 0 spiro atoms. The van der Waals surface area contributed by atoms with Gasteiger partial charge in [0.2, 0.25) is 5.91 Å². The van der Waals surface area contributed by atoms with Gasteiger partial charge in [-0.3, -0.25) is 4.79 Å². The molecule has 2 atom stereocenters. The van der Waals surface area contributed by atoms with Gasteiger partial charge in [-0.2, -0.15) is 13.2 Å². The molecule has 1 heterocycles. The Hall–Kier alpha value is -0.960. The van der Waals surface area contributed by atoms with E-state index in [0.29, 0.717) is 11.7 Å². The van der Waals surface area contributed by atoms with Crippen LogP contribution in [-0.2, 0) is 14.3 Å². The number of alkyl halides is 3. The first kappa shape index (κ1) is 16.4. The average Bonchev–Trinajstić information content (AvgIpc) is 3.11. The Balaban J connectivity index is 1.86. The molecule has 0 aromatic heterocycles. The second-order valence-corrected chi connectivity index (χ2v) is 6.28. The Morgan fingerprint density at radius 1 is 1.33 bits per heavy atom. The van der Waals surface area contributed by atoms with Gasteiger partial charge in [0.15, 0.2) is 0 Å². The zero-order valence-electron chi connectivity index (χ0n) is 11.1. The van der Waals surface area contributed by atoms with Gasteiger partial charge in [0, 0.05) is 5.75 Å². The third-order valence-electron chi connectivity index (χ3n) is 3.36. The van der Waals surface area contributed by atoms with Crippen molar-refractivity contribution in [2.45, 2.75) is 36.9 Å². The highest BCUT2D eigenvalue weighted by molar-refractivity contribution is 8.00. The van der Waals surface area contributed by atoms with E-state index in [1.54, 1.807) is 0 Å². The summed E-state index contributed by atoms with van der Waals surface area (Å²) in [6.45, 7) is -1.76. The topological polar surface area (TPSA) is 66.8 Å². The number of amides is 1. The van der Waals surface area contributed by atoms with E-state index < -0.39 is 30.7 Å². The molecule has 1 amide bonds. The fraction of sp³-hybridized carbons (Fsp3) is 0.833. The van der Waals surface area contributed by atoms with Crippen LogP contribution in [-0.4, -0.2) is 58.4 Å². The number of carboxylic acids is 1. The largest absolute Gasteiger partial charge is 0.480 e. The molecule has 2 aliphatic rings. The molecule has 1 aliphatic heterocycles. The Labute approximate surface area is 123 Å². The number of nitrogens with zero attached hydrogens (tertiary/aromatic N) is 1. The zero-order valence-corrected chi connectivity index (χ0v) is 12.0. The maximum atomic E-state index is 12.1. The Bertz CT molecular complexity index is 414. The van der Waals surface area contributed by atoms with Crippen molar-refractivity contribution in [3.05, 3.63) is 0 Å². The second kappa shape index (κ2) is 6.43. The number of halogens is 3. The van der Waals surface area contributed by atoms with Crippen LogP contribution in [0.1, 0.15) is 19.3 Å². The van der Waals surface area contributed by atoms with Crippen molar-refractivity contribution in [2.75, 3.05) is 19.0 Å². The molecular formula is C12H16F3NO4S. The van der Waals surface area contributed by atoms with Crippen molar-refractivity contribution in [1.82, 2.24) is 4.90 Å². The monoisotopic (exact) mass is 327 g/mol. The molecule has 9 heteroatoms. The fourth-order valence-corrected chi connectivity index (χ4v) is 3.91. The van der Waals surface area contributed by atoms with E-state index >= 15 is 0 Å². The maximum Gasteiger partial charge on any atom is 0.411 e. The van der Waals surface area contributed by atoms with Crippen LogP contribution in [0, 0.1) is 5.92 Å². The van der Waals surface area contributed by atoms with Crippen molar-refractivity contribution < 1.29 is 32.6 Å². The van der Waals surface area contributed by atoms with Crippen LogP contribution < -0.4 is 0 Å². The summed E-state index contributed by atoms with van der Waals surface area (Å²) in [5, 5.41) is 8.98. The number of aliphatic carboxylic acids is 1. The minimum Gasteiger partial charge on any atom is -0.480 e. The number of ether oxygens (including phenoxy) is 1. The van der Waals surface area contributed by atoms with Gasteiger partial charge in [-0.1, -0.05) is 0 Å². The highest BCUT2D eigenvalue weighted by Gasteiger charge is 2.47. The maximum absolute atomic E-state index is 12.1. The van der Waals surface area contributed by atoms with Crippen LogP contribution in [0.3, 0.4) is 0 Å². The number of carbonyl (C=O) groups is 2. The number of hydrogen-bond donors (Lipinski definition) is 1. The molecule has 0 bridgehead atoms. The number of hydrogen-bond acceptors (Lipinski definition) is 4. The van der Waals surface area contributed by atoms with Crippen LogP contribution in [0.5, 0.6) is 0 Å². The predicted octanol–water partition coefficient (Wildman–Crippen LogP) is 1.72. The summed E-state index contributed by atoms with van der Waals surface area (Å²) in [6, 6.07) is -0.893. The molecule has 2 fully saturated rings. The molecule has 120 valence electrons. The lowest BCUT2D eigenvalue weighted by atomic mass is 10.2. The van der Waals surface area contributed by atoms with Crippen molar-refractivity contribution >= 4 is 23.6 Å². The summed E-state index contributed by atoms with van der Waals surface area (Å²) in [5.41, 5.74) is 0. The van der Waals surface area contributed by atoms with Crippen LogP contribution >= 0.6 is 11.8 Å². The number of thioether (sulfide) groups is 1. The summed E-state index contributed by atoms with van der Waals surface area (Å²) in [4.78, 5) is 24.6. The lowest BCUT2D eigenvalue weighted by molar-refractivity contribution is -0.175. The quantitative estimate of drug-likeness (QED) is 0.753. The van der Waals surface area contributed by atoms with E-state index in [1.807, 2.05) is 0 Å². The third kappa shape index (κ3) is 4.50. The number of carbonyl (C=O) groups excluding carboxylic acids is 1. The molecule has 5 nitrogen and oxygen atoms in total. The smallest absolute Gasteiger partial charge is 0.411 e. The fourth-order valence-electron chi connectivity index (χ4n) is 2.25. The van der Waals surface area contributed by atoms with Gasteiger partial charge in [-0.05, 0) is 18.8 Å². The van der Waals surface area contributed by atoms with Crippen molar-refractivity contribution in [3.8, 4) is 0 Å². The molecule has 0 aromatic carbocycles. The van der Waals surface area contributed by atoms with Crippen LogP contribution in [0.15, 0.2) is 0 Å². The van der Waals surface area contributed by atoms with Gasteiger partial charge in [0.05, 0.1) is 18.4 Å². The highest BCUT2D eigenvalue weighted by Crippen LogP contribution is 2.45. The molecule has 2 unspecified atom stereocenters. The van der Waals surface area contributed by atoms with Crippen molar-refractivity contribution in [2.24, 2.45) is 5.92 Å². The molecular weight excluding hydrogens is 311 g/mol. The first-order valence-corrected chi connectivity index (χ1v) is 7.64. The molecule has 1 saturated heterocycles. The van der Waals surface area contributed by atoms with E-state index in [-0.39, 0.29) is 18.4 Å². The minimum absolute atomic E-state index is 0.166. The van der Waals surface area contributed by atoms with Gasteiger partial charge >= 0.3 is 12.1 Å². The summed E-state index contributed by atoms with van der Waals surface area (Å²) < 4.78 is 40.2. The summed E-state index contributed by atoms with van der Waals surface area (Å²) >= 11 is 1.43. The summed E-state index contributed by atoms with van der Waals surface area (Å²) in [6.07, 6.45) is -2.74. The predicted molar refractivity (Wildman–Crippen MR) is 68.7 cm³/mol. The lowest BCUT2D eigenvalue weighted by Crippen LogP contribution is -2.46. The number of rotatable bonds is 6. The lowest BCUT2D eigenvalue weighted by Gasteiger charge is -2.27. The minimum atomic E-state index is -4.42. The summed E-state index contributed by atoms with van der Waals surface area (Å²) in [5.74, 6) is -0.896. The van der Waals surface area contributed by atoms with Crippen LogP contribution in [0.25, 0.3) is 0 Å². The van der Waals surface area contributed by atoms with Gasteiger partial charge in [-0.25, -0.2) is 4.79 Å². The first-order valence-electron chi connectivity index (χ1n) is 6.59. The zero-order chi connectivity index (χ0) is 15.6. The first-order chi connectivity index (χ1) is 9.79. The average molecular weight is 327 g/mol. The standard InChI is InChI=1S/C12H16F3NO4S/c13-12(14,15)6-20-4-3-9(17)16-8(11(18)19)5-21-10(16)7-1-2-7/h7-8,10H,1-6H2,(H,18,19). The van der Waals surface area contributed by atoms with Crippen molar-refractivity contribution in [1.29, 1.82) is 0 Å². The van der Waals surface area contributed by atoms with E-state index in [1.165, 1.54) is 16.7 Å². The molecule has 21 heavy (non-hydrogen) atoms. The second-order valence-electron chi connectivity index (χ2n) is 5.13. The Kier molecular flexibility index (Phi) is 5.03. The SMILES string of the molecule is O=C(O)C1CSC(C2CC2)N1C(=O)CCOCC(F)(F)F. The van der Waals surface area contributed by atoms with Gasteiger partial charge in [-0.15, -0.1) is 11.8 Å². The van der Waals surface area contributed by atoms with E-state index in [4.69, 9.17) is 5.11 Å². The molecule has 1 aliphatic carbocycles. The van der Waals surface area contributed by atoms with E-state index in [2.05, 4.69) is 4.74 Å².